The lowest BCUT2D eigenvalue weighted by atomic mass is 10.1. The van der Waals surface area contributed by atoms with Crippen LogP contribution in [-0.4, -0.2) is 38.5 Å². The second-order valence-electron chi connectivity index (χ2n) is 7.83. The summed E-state index contributed by atoms with van der Waals surface area (Å²) < 4.78 is 10.5. The Hall–Kier alpha value is -4.33. The predicted octanol–water partition coefficient (Wildman–Crippen LogP) is 3.95. The Labute approximate surface area is 197 Å². The van der Waals surface area contributed by atoms with Crippen molar-refractivity contribution < 1.29 is 23.9 Å². The Morgan fingerprint density at radius 3 is 2.18 bits per heavy atom. The summed E-state index contributed by atoms with van der Waals surface area (Å²) in [6.07, 6.45) is 0.117. The highest BCUT2D eigenvalue weighted by molar-refractivity contribution is 6.06. The quantitative estimate of drug-likeness (QED) is 0.558. The Morgan fingerprint density at radius 1 is 0.853 bits per heavy atom. The molecule has 0 unspecified atom stereocenters. The van der Waals surface area contributed by atoms with E-state index >= 15 is 0 Å². The third kappa shape index (κ3) is 5.01. The minimum Gasteiger partial charge on any atom is -0.497 e. The number of anilines is 3. The molecule has 0 aromatic heterocycles. The number of nitrogens with one attached hydrogen (secondary N) is 2. The van der Waals surface area contributed by atoms with Crippen molar-refractivity contribution in [1.82, 2.24) is 0 Å². The van der Waals surface area contributed by atoms with Crippen molar-refractivity contribution in [3.63, 3.8) is 0 Å². The minimum atomic E-state index is -0.490. The molecular weight excluding hydrogens is 434 g/mol. The smallest absolute Gasteiger partial charge is 0.255 e. The predicted molar refractivity (Wildman–Crippen MR) is 129 cm³/mol. The molecular formula is C26H25N3O5. The van der Waals surface area contributed by atoms with Crippen LogP contribution < -0.4 is 25.0 Å². The van der Waals surface area contributed by atoms with Crippen molar-refractivity contribution in [3.8, 4) is 11.5 Å². The van der Waals surface area contributed by atoms with Gasteiger partial charge in [-0.2, -0.15) is 0 Å². The van der Waals surface area contributed by atoms with E-state index in [-0.39, 0.29) is 30.7 Å². The van der Waals surface area contributed by atoms with Gasteiger partial charge in [0.25, 0.3) is 5.91 Å². The number of hydrogen-bond donors (Lipinski definition) is 2. The van der Waals surface area contributed by atoms with Gasteiger partial charge in [-0.15, -0.1) is 0 Å². The molecule has 1 fully saturated rings. The van der Waals surface area contributed by atoms with Crippen LogP contribution in [0.25, 0.3) is 0 Å². The van der Waals surface area contributed by atoms with Crippen molar-refractivity contribution in [2.75, 3.05) is 36.3 Å². The van der Waals surface area contributed by atoms with Gasteiger partial charge in [0.1, 0.15) is 11.5 Å². The Balaban J connectivity index is 1.36. The third-order valence-electron chi connectivity index (χ3n) is 5.63. The zero-order valence-corrected chi connectivity index (χ0v) is 18.9. The first-order chi connectivity index (χ1) is 16.5. The molecule has 34 heavy (non-hydrogen) atoms. The topological polar surface area (TPSA) is 97.0 Å². The number of hydrogen-bond acceptors (Lipinski definition) is 5. The fourth-order valence-corrected chi connectivity index (χ4v) is 3.80. The van der Waals surface area contributed by atoms with Crippen molar-refractivity contribution in [2.45, 2.75) is 6.42 Å². The first-order valence-electron chi connectivity index (χ1n) is 10.8. The van der Waals surface area contributed by atoms with Crippen LogP contribution in [0.1, 0.15) is 16.8 Å². The average Bonchev–Trinajstić information content (AvgIpc) is 3.26. The van der Waals surface area contributed by atoms with Crippen molar-refractivity contribution >= 4 is 34.8 Å². The van der Waals surface area contributed by atoms with Gasteiger partial charge >= 0.3 is 0 Å². The normalized spacial score (nSPS) is 15.1. The number of carbonyl (C=O) groups excluding carboxylic acids is 3. The zero-order valence-electron chi connectivity index (χ0n) is 18.9. The SMILES string of the molecule is COc1ccc(NC(=O)c2ccc(NC(=O)[C@@H]3CC(=O)N(c4ccccc4OC)C3)cc2)cc1. The third-order valence-corrected chi connectivity index (χ3v) is 5.63. The number of carbonyl (C=O) groups is 3. The highest BCUT2D eigenvalue weighted by atomic mass is 16.5. The summed E-state index contributed by atoms with van der Waals surface area (Å²) in [5, 5.41) is 5.65. The number of benzene rings is 3. The molecule has 3 amide bonds. The number of rotatable bonds is 7. The number of methoxy groups -OCH3 is 2. The lowest BCUT2D eigenvalue weighted by Gasteiger charge is -2.19. The number of nitrogens with zero attached hydrogens (tertiary/aromatic N) is 1. The molecule has 1 heterocycles. The molecule has 1 aliphatic heterocycles. The van der Waals surface area contributed by atoms with E-state index in [9.17, 15) is 14.4 Å². The molecule has 1 atom stereocenters. The molecule has 0 bridgehead atoms. The van der Waals surface area contributed by atoms with E-state index in [0.717, 1.165) is 0 Å². The summed E-state index contributed by atoms with van der Waals surface area (Å²) in [4.78, 5) is 39.4. The number of amides is 3. The maximum absolute atomic E-state index is 12.8. The highest BCUT2D eigenvalue weighted by Gasteiger charge is 2.36. The molecule has 3 aromatic rings. The zero-order chi connectivity index (χ0) is 24.1. The Kier molecular flexibility index (Phi) is 6.77. The van der Waals surface area contributed by atoms with E-state index in [4.69, 9.17) is 9.47 Å². The lowest BCUT2D eigenvalue weighted by Crippen LogP contribution is -2.28. The van der Waals surface area contributed by atoms with Crippen LogP contribution in [0.4, 0.5) is 17.1 Å². The molecule has 0 aliphatic carbocycles. The van der Waals surface area contributed by atoms with Gasteiger partial charge in [-0.1, -0.05) is 12.1 Å². The Bertz CT molecular complexity index is 1190. The molecule has 174 valence electrons. The maximum Gasteiger partial charge on any atom is 0.255 e. The second kappa shape index (κ2) is 10.1. The second-order valence-corrected chi connectivity index (χ2v) is 7.83. The highest BCUT2D eigenvalue weighted by Crippen LogP contribution is 2.33. The minimum absolute atomic E-state index is 0.117. The van der Waals surface area contributed by atoms with Gasteiger partial charge in [0, 0.05) is 29.9 Å². The van der Waals surface area contributed by atoms with E-state index in [1.54, 1.807) is 79.8 Å². The first-order valence-corrected chi connectivity index (χ1v) is 10.8. The lowest BCUT2D eigenvalue weighted by molar-refractivity contribution is -0.122. The summed E-state index contributed by atoms with van der Waals surface area (Å²) >= 11 is 0. The first kappa shape index (κ1) is 22.8. The Morgan fingerprint density at radius 2 is 1.50 bits per heavy atom. The largest absolute Gasteiger partial charge is 0.497 e. The number of ether oxygens (including phenoxy) is 2. The van der Waals surface area contributed by atoms with Crippen LogP contribution in [-0.2, 0) is 9.59 Å². The van der Waals surface area contributed by atoms with E-state index < -0.39 is 5.92 Å². The molecule has 0 spiro atoms. The molecule has 1 saturated heterocycles. The van der Waals surface area contributed by atoms with E-state index in [2.05, 4.69) is 10.6 Å². The fraction of sp³-hybridized carbons (Fsp3) is 0.192. The van der Waals surface area contributed by atoms with Crippen molar-refractivity contribution in [3.05, 3.63) is 78.4 Å². The molecule has 0 radical (unpaired) electrons. The van der Waals surface area contributed by atoms with Crippen LogP contribution in [0, 0.1) is 5.92 Å². The van der Waals surface area contributed by atoms with Crippen molar-refractivity contribution in [1.29, 1.82) is 0 Å². The van der Waals surface area contributed by atoms with Crippen LogP contribution in [0.2, 0.25) is 0 Å². The average molecular weight is 460 g/mol. The maximum atomic E-state index is 12.8. The summed E-state index contributed by atoms with van der Waals surface area (Å²) in [5.74, 6) is 0.150. The van der Waals surface area contributed by atoms with Gasteiger partial charge in [0.15, 0.2) is 0 Å². The molecule has 0 saturated carbocycles. The summed E-state index contributed by atoms with van der Waals surface area (Å²) in [7, 11) is 3.12. The van der Waals surface area contributed by atoms with Crippen LogP contribution in [0.5, 0.6) is 11.5 Å². The fourth-order valence-electron chi connectivity index (χ4n) is 3.80. The van der Waals surface area contributed by atoms with Crippen LogP contribution in [0.3, 0.4) is 0 Å². The van der Waals surface area contributed by atoms with Crippen molar-refractivity contribution in [2.24, 2.45) is 5.92 Å². The van der Waals surface area contributed by atoms with Gasteiger partial charge in [-0.3, -0.25) is 14.4 Å². The number of para-hydroxylation sites is 2. The molecule has 3 aromatic carbocycles. The molecule has 8 nitrogen and oxygen atoms in total. The van der Waals surface area contributed by atoms with Crippen LogP contribution in [0.15, 0.2) is 72.8 Å². The van der Waals surface area contributed by atoms with Crippen LogP contribution >= 0.6 is 0 Å². The molecule has 2 N–H and O–H groups in total. The van der Waals surface area contributed by atoms with Gasteiger partial charge in [0.05, 0.1) is 25.8 Å². The van der Waals surface area contributed by atoms with Gasteiger partial charge in [-0.05, 0) is 60.7 Å². The van der Waals surface area contributed by atoms with Gasteiger partial charge in [-0.25, -0.2) is 0 Å². The van der Waals surface area contributed by atoms with Gasteiger partial charge in [0.2, 0.25) is 11.8 Å². The summed E-state index contributed by atoms with van der Waals surface area (Å²) in [5.41, 5.74) is 2.30. The van der Waals surface area contributed by atoms with Gasteiger partial charge < -0.3 is 25.0 Å². The summed E-state index contributed by atoms with van der Waals surface area (Å²) in [6.45, 7) is 0.271. The molecule has 8 heteroatoms. The molecule has 1 aliphatic rings. The van der Waals surface area contributed by atoms with E-state index in [0.29, 0.717) is 34.1 Å². The summed E-state index contributed by atoms with van der Waals surface area (Å²) in [6, 6.07) is 20.9. The standard InChI is InChI=1S/C26H25N3O5/c1-33-21-13-11-20(12-14-21)27-25(31)17-7-9-19(10-8-17)28-26(32)18-15-24(30)29(16-18)22-5-3-4-6-23(22)34-2/h3-14,18H,15-16H2,1-2H3,(H,27,31)(H,28,32)/t18-/m1/s1. The monoisotopic (exact) mass is 459 g/mol. The molecule has 4 rings (SSSR count). The van der Waals surface area contributed by atoms with E-state index in [1.807, 2.05) is 12.1 Å². The van der Waals surface area contributed by atoms with E-state index in [1.165, 1.54) is 0 Å².